The maximum atomic E-state index is 10.6. The smallest absolute Gasteiger partial charge is 0.394 e. The summed E-state index contributed by atoms with van der Waals surface area (Å²) in [4.78, 5) is 28.6. The second kappa shape index (κ2) is 4.31. The van der Waals surface area contributed by atoms with E-state index in [9.17, 15) is 9.59 Å². The van der Waals surface area contributed by atoms with E-state index >= 15 is 0 Å². The highest BCUT2D eigenvalue weighted by Crippen LogP contribution is 1.92. The van der Waals surface area contributed by atoms with Crippen LogP contribution in [-0.4, -0.2) is 27.0 Å². The van der Waals surface area contributed by atoms with Crippen LogP contribution in [0.4, 0.5) is 0 Å². The summed E-state index contributed by atoms with van der Waals surface area (Å²) >= 11 is 0. The molecule has 0 spiro atoms. The predicted molar refractivity (Wildman–Crippen MR) is 46.3 cm³/mol. The lowest BCUT2D eigenvalue weighted by Crippen LogP contribution is -2.30. The standard InChI is InChI=1S/C8H9N3O3/c1-5-2-3-9-6(11-5)4-10-7(12)8(13)14/h2-3H,4H2,1H3,(H,10,12)(H,13,14). The number of aliphatic carboxylic acids is 1. The zero-order valence-corrected chi connectivity index (χ0v) is 7.52. The molecule has 0 saturated carbocycles. The van der Waals surface area contributed by atoms with Gasteiger partial charge in [-0.3, -0.25) is 4.79 Å². The van der Waals surface area contributed by atoms with E-state index in [1.165, 1.54) is 0 Å². The Labute approximate surface area is 80.0 Å². The van der Waals surface area contributed by atoms with Gasteiger partial charge in [0.05, 0.1) is 6.54 Å². The van der Waals surface area contributed by atoms with Gasteiger partial charge in [-0.2, -0.15) is 0 Å². The topological polar surface area (TPSA) is 92.2 Å². The lowest BCUT2D eigenvalue weighted by Gasteiger charge is -2.00. The van der Waals surface area contributed by atoms with Gasteiger partial charge in [0.15, 0.2) is 0 Å². The predicted octanol–water partition coefficient (Wildman–Crippen LogP) is -0.514. The van der Waals surface area contributed by atoms with Crippen molar-refractivity contribution in [3.8, 4) is 0 Å². The van der Waals surface area contributed by atoms with Crippen molar-refractivity contribution in [1.82, 2.24) is 15.3 Å². The molecule has 1 aromatic heterocycles. The number of hydrogen-bond acceptors (Lipinski definition) is 4. The molecule has 6 heteroatoms. The van der Waals surface area contributed by atoms with Crippen LogP contribution in [0.15, 0.2) is 12.3 Å². The number of hydrogen-bond donors (Lipinski definition) is 2. The molecule has 1 aromatic rings. The average molecular weight is 195 g/mol. The van der Waals surface area contributed by atoms with Crippen molar-refractivity contribution in [3.05, 3.63) is 23.8 Å². The molecule has 0 aliphatic rings. The molecule has 0 unspecified atom stereocenters. The van der Waals surface area contributed by atoms with E-state index in [2.05, 4.69) is 15.3 Å². The quantitative estimate of drug-likeness (QED) is 0.620. The number of aryl methyl sites for hydroxylation is 1. The summed E-state index contributed by atoms with van der Waals surface area (Å²) in [6.45, 7) is 1.80. The minimum absolute atomic E-state index is 0.0206. The van der Waals surface area contributed by atoms with E-state index in [-0.39, 0.29) is 6.54 Å². The Hall–Kier alpha value is -1.98. The first-order valence-electron chi connectivity index (χ1n) is 3.89. The van der Waals surface area contributed by atoms with E-state index in [1.54, 1.807) is 19.2 Å². The normalized spacial score (nSPS) is 9.50. The molecule has 0 aliphatic heterocycles. The highest BCUT2D eigenvalue weighted by molar-refractivity contribution is 6.31. The Morgan fingerprint density at radius 3 is 2.86 bits per heavy atom. The van der Waals surface area contributed by atoms with Gasteiger partial charge < -0.3 is 10.4 Å². The van der Waals surface area contributed by atoms with Crippen molar-refractivity contribution in [1.29, 1.82) is 0 Å². The Bertz CT molecular complexity index is 365. The van der Waals surface area contributed by atoms with Crippen molar-refractivity contribution < 1.29 is 14.7 Å². The number of amides is 1. The van der Waals surface area contributed by atoms with Gasteiger partial charge in [-0.1, -0.05) is 0 Å². The molecule has 6 nitrogen and oxygen atoms in total. The number of carboxylic acid groups (broad SMARTS) is 1. The molecule has 1 heterocycles. The number of carbonyl (C=O) groups is 2. The Morgan fingerprint density at radius 1 is 1.57 bits per heavy atom. The zero-order chi connectivity index (χ0) is 10.6. The van der Waals surface area contributed by atoms with Crippen LogP contribution < -0.4 is 5.32 Å². The summed E-state index contributed by atoms with van der Waals surface area (Å²) in [6, 6.07) is 1.71. The third kappa shape index (κ3) is 2.81. The molecular formula is C8H9N3O3. The molecule has 2 N–H and O–H groups in total. The van der Waals surface area contributed by atoms with E-state index in [1.807, 2.05) is 0 Å². The van der Waals surface area contributed by atoms with Crippen LogP contribution in [0.2, 0.25) is 0 Å². The Morgan fingerprint density at radius 2 is 2.29 bits per heavy atom. The van der Waals surface area contributed by atoms with Crippen molar-refractivity contribution in [2.45, 2.75) is 13.5 Å². The molecule has 0 atom stereocenters. The van der Waals surface area contributed by atoms with Gasteiger partial charge in [0.25, 0.3) is 0 Å². The number of carbonyl (C=O) groups excluding carboxylic acids is 1. The first-order valence-corrected chi connectivity index (χ1v) is 3.89. The van der Waals surface area contributed by atoms with Crippen molar-refractivity contribution >= 4 is 11.9 Å². The molecule has 14 heavy (non-hydrogen) atoms. The molecule has 0 aliphatic carbocycles. The number of rotatable bonds is 2. The van der Waals surface area contributed by atoms with Crippen molar-refractivity contribution in [2.24, 2.45) is 0 Å². The number of carboxylic acids is 1. The monoisotopic (exact) mass is 195 g/mol. The van der Waals surface area contributed by atoms with E-state index in [0.717, 1.165) is 5.69 Å². The van der Waals surface area contributed by atoms with Gasteiger partial charge in [-0.15, -0.1) is 0 Å². The summed E-state index contributed by atoms with van der Waals surface area (Å²) in [5.74, 6) is -2.19. The SMILES string of the molecule is Cc1ccnc(CNC(=O)C(=O)O)n1. The van der Waals surface area contributed by atoms with E-state index in [0.29, 0.717) is 5.82 Å². The van der Waals surface area contributed by atoms with Crippen LogP contribution in [0.5, 0.6) is 0 Å². The summed E-state index contributed by atoms with van der Waals surface area (Å²) < 4.78 is 0. The molecule has 1 amide bonds. The summed E-state index contributed by atoms with van der Waals surface area (Å²) in [5, 5.41) is 10.4. The van der Waals surface area contributed by atoms with Crippen LogP contribution in [-0.2, 0) is 16.1 Å². The van der Waals surface area contributed by atoms with Crippen molar-refractivity contribution in [3.63, 3.8) is 0 Å². The second-order valence-corrected chi connectivity index (χ2v) is 2.60. The molecular weight excluding hydrogens is 186 g/mol. The highest BCUT2D eigenvalue weighted by Gasteiger charge is 2.10. The Balaban J connectivity index is 2.54. The maximum absolute atomic E-state index is 10.6. The van der Waals surface area contributed by atoms with Gasteiger partial charge in [0.1, 0.15) is 5.82 Å². The summed E-state index contributed by atoms with van der Waals surface area (Å²) in [5.41, 5.74) is 0.763. The molecule has 74 valence electrons. The zero-order valence-electron chi connectivity index (χ0n) is 7.52. The number of nitrogens with one attached hydrogen (secondary N) is 1. The summed E-state index contributed by atoms with van der Waals surface area (Å²) in [7, 11) is 0. The molecule has 0 radical (unpaired) electrons. The van der Waals surface area contributed by atoms with Gasteiger partial charge in [-0.05, 0) is 13.0 Å². The molecule has 0 saturated heterocycles. The molecule has 0 fully saturated rings. The van der Waals surface area contributed by atoms with Crippen LogP contribution in [0, 0.1) is 6.92 Å². The average Bonchev–Trinajstić information content (AvgIpc) is 2.14. The largest absolute Gasteiger partial charge is 0.474 e. The van der Waals surface area contributed by atoms with Gasteiger partial charge in [0, 0.05) is 11.9 Å². The minimum atomic E-state index is -1.52. The van der Waals surface area contributed by atoms with Gasteiger partial charge >= 0.3 is 11.9 Å². The Kier molecular flexibility index (Phi) is 3.11. The first kappa shape index (κ1) is 10.1. The third-order valence-electron chi connectivity index (χ3n) is 1.45. The minimum Gasteiger partial charge on any atom is -0.474 e. The number of nitrogens with zero attached hydrogens (tertiary/aromatic N) is 2. The van der Waals surface area contributed by atoms with Gasteiger partial charge in [0.2, 0.25) is 0 Å². The fourth-order valence-electron chi connectivity index (χ4n) is 0.821. The lowest BCUT2D eigenvalue weighted by molar-refractivity contribution is -0.150. The van der Waals surface area contributed by atoms with Crippen LogP contribution >= 0.6 is 0 Å². The number of aromatic nitrogens is 2. The fourth-order valence-corrected chi connectivity index (χ4v) is 0.821. The third-order valence-corrected chi connectivity index (χ3v) is 1.45. The van der Waals surface area contributed by atoms with Crippen molar-refractivity contribution in [2.75, 3.05) is 0 Å². The van der Waals surface area contributed by atoms with Crippen LogP contribution in [0.1, 0.15) is 11.5 Å². The second-order valence-electron chi connectivity index (χ2n) is 2.60. The van der Waals surface area contributed by atoms with E-state index < -0.39 is 11.9 Å². The summed E-state index contributed by atoms with van der Waals surface area (Å²) in [6.07, 6.45) is 1.55. The molecule has 0 bridgehead atoms. The van der Waals surface area contributed by atoms with Crippen LogP contribution in [0.25, 0.3) is 0 Å². The fraction of sp³-hybridized carbons (Fsp3) is 0.250. The lowest BCUT2D eigenvalue weighted by atomic mass is 10.4. The maximum Gasteiger partial charge on any atom is 0.394 e. The highest BCUT2D eigenvalue weighted by atomic mass is 16.4. The van der Waals surface area contributed by atoms with Crippen LogP contribution in [0.3, 0.4) is 0 Å². The van der Waals surface area contributed by atoms with E-state index in [4.69, 9.17) is 5.11 Å². The molecule has 1 rings (SSSR count). The molecule has 0 aromatic carbocycles. The first-order chi connectivity index (χ1) is 6.59. The van der Waals surface area contributed by atoms with Gasteiger partial charge in [-0.25, -0.2) is 14.8 Å².